The summed E-state index contributed by atoms with van der Waals surface area (Å²) in [6.07, 6.45) is 4.11. The Kier molecular flexibility index (Phi) is 7.12. The molecule has 1 amide bonds. The van der Waals surface area contributed by atoms with Gasteiger partial charge in [-0.3, -0.25) is 15.0 Å². The van der Waals surface area contributed by atoms with Crippen LogP contribution in [0.25, 0.3) is 22.4 Å². The summed E-state index contributed by atoms with van der Waals surface area (Å²) in [4.78, 5) is 20.0. The number of pyridine rings is 2. The number of hydroxylamine groups is 1. The van der Waals surface area contributed by atoms with E-state index in [1.807, 2.05) is 0 Å². The summed E-state index contributed by atoms with van der Waals surface area (Å²) in [6, 6.07) is 4.18. The standard InChI is InChI=1S/C24H22F3N3O5S/c1-12-5-3-7-17(35-12)20-18(13-6-4-8-28-11-13)23(24(31)30-32)29-22(21(20)27)19-15(25)9-14(10-16(19)26)36(2,33)34/h4,6,8-12,17,32H,3,5,7H2,1-2H3,(H,30,31). The van der Waals surface area contributed by atoms with Crippen LogP contribution in [0.4, 0.5) is 13.2 Å². The van der Waals surface area contributed by atoms with Crippen molar-refractivity contribution >= 4 is 15.7 Å². The fraction of sp³-hybridized carbons (Fsp3) is 0.292. The van der Waals surface area contributed by atoms with Crippen LogP contribution in [0.5, 0.6) is 0 Å². The first-order valence-corrected chi connectivity index (χ1v) is 12.8. The van der Waals surface area contributed by atoms with E-state index < -0.39 is 61.1 Å². The summed E-state index contributed by atoms with van der Waals surface area (Å²) in [5.41, 5.74) is -0.885. The maximum atomic E-state index is 16.2. The van der Waals surface area contributed by atoms with Crippen molar-refractivity contribution in [2.75, 3.05) is 6.26 Å². The molecule has 1 aliphatic heterocycles. The number of carbonyl (C=O) groups excluding carboxylic acids is 1. The summed E-state index contributed by atoms with van der Waals surface area (Å²) < 4.78 is 76.0. The third-order valence-electron chi connectivity index (χ3n) is 5.92. The van der Waals surface area contributed by atoms with Crippen LogP contribution in [0.3, 0.4) is 0 Å². The Morgan fingerprint density at radius 2 is 1.86 bits per heavy atom. The average molecular weight is 522 g/mol. The van der Waals surface area contributed by atoms with Crippen molar-refractivity contribution in [3.8, 4) is 22.4 Å². The molecule has 3 heterocycles. The fourth-order valence-corrected chi connectivity index (χ4v) is 4.91. The zero-order valence-electron chi connectivity index (χ0n) is 19.3. The van der Waals surface area contributed by atoms with Crippen LogP contribution in [0.2, 0.25) is 0 Å². The molecule has 0 radical (unpaired) electrons. The van der Waals surface area contributed by atoms with Crippen molar-refractivity contribution in [1.29, 1.82) is 0 Å². The van der Waals surface area contributed by atoms with Crippen LogP contribution in [-0.2, 0) is 14.6 Å². The molecule has 1 saturated heterocycles. The van der Waals surface area contributed by atoms with Gasteiger partial charge >= 0.3 is 0 Å². The van der Waals surface area contributed by atoms with E-state index in [0.717, 1.165) is 6.26 Å². The molecule has 0 saturated carbocycles. The Morgan fingerprint density at radius 1 is 1.17 bits per heavy atom. The predicted molar refractivity (Wildman–Crippen MR) is 122 cm³/mol. The van der Waals surface area contributed by atoms with E-state index in [-0.39, 0.29) is 22.8 Å². The number of hydrogen-bond donors (Lipinski definition) is 2. The van der Waals surface area contributed by atoms with Crippen LogP contribution < -0.4 is 5.48 Å². The molecule has 1 fully saturated rings. The molecule has 2 N–H and O–H groups in total. The molecule has 12 heteroatoms. The first-order valence-electron chi connectivity index (χ1n) is 11.0. The molecule has 1 aliphatic rings. The van der Waals surface area contributed by atoms with Crippen LogP contribution >= 0.6 is 0 Å². The first-order chi connectivity index (χ1) is 17.0. The predicted octanol–water partition coefficient (Wildman–Crippen LogP) is 4.38. The maximum Gasteiger partial charge on any atom is 0.293 e. The number of nitrogens with zero attached hydrogens (tertiary/aromatic N) is 2. The van der Waals surface area contributed by atoms with E-state index >= 15 is 13.2 Å². The second kappa shape index (κ2) is 9.96. The van der Waals surface area contributed by atoms with Gasteiger partial charge in [0.2, 0.25) is 0 Å². The average Bonchev–Trinajstić information content (AvgIpc) is 2.83. The van der Waals surface area contributed by atoms with E-state index in [1.54, 1.807) is 13.0 Å². The Morgan fingerprint density at radius 3 is 2.42 bits per heavy atom. The zero-order chi connectivity index (χ0) is 26.2. The van der Waals surface area contributed by atoms with Gasteiger partial charge in [0.05, 0.1) is 22.7 Å². The minimum Gasteiger partial charge on any atom is -0.370 e. The monoisotopic (exact) mass is 521 g/mol. The molecule has 8 nitrogen and oxygen atoms in total. The number of sulfone groups is 1. The molecule has 3 aromatic rings. The Labute approximate surface area is 205 Å². The number of aromatic nitrogens is 2. The lowest BCUT2D eigenvalue weighted by Gasteiger charge is -2.31. The van der Waals surface area contributed by atoms with Gasteiger partial charge in [0.1, 0.15) is 23.0 Å². The fourth-order valence-electron chi connectivity index (χ4n) is 4.28. The molecule has 4 rings (SSSR count). The third-order valence-corrected chi connectivity index (χ3v) is 7.01. The number of nitrogens with one attached hydrogen (secondary N) is 1. The Hall–Kier alpha value is -3.35. The largest absolute Gasteiger partial charge is 0.370 e. The molecule has 0 aliphatic carbocycles. The SMILES string of the molecule is CC1CCCC(c2c(F)c(-c3c(F)cc(S(C)(=O)=O)cc3F)nc(C(=O)NO)c2-c2cccnc2)O1. The quantitative estimate of drug-likeness (QED) is 0.378. The van der Waals surface area contributed by atoms with Gasteiger partial charge in [0.25, 0.3) is 5.91 Å². The summed E-state index contributed by atoms with van der Waals surface area (Å²) in [5.74, 6) is -5.09. The van der Waals surface area contributed by atoms with Crippen LogP contribution in [0.15, 0.2) is 41.6 Å². The zero-order valence-corrected chi connectivity index (χ0v) is 20.1. The van der Waals surface area contributed by atoms with Crippen LogP contribution in [-0.4, -0.2) is 41.9 Å². The van der Waals surface area contributed by atoms with Gasteiger partial charge in [-0.1, -0.05) is 6.07 Å². The molecule has 0 bridgehead atoms. The number of rotatable bonds is 5. The highest BCUT2D eigenvalue weighted by Crippen LogP contribution is 2.43. The molecule has 2 atom stereocenters. The molecular weight excluding hydrogens is 499 g/mol. The van der Waals surface area contributed by atoms with E-state index in [2.05, 4.69) is 9.97 Å². The molecule has 1 aromatic carbocycles. The number of carbonyl (C=O) groups is 1. The Balaban J connectivity index is 2.09. The lowest BCUT2D eigenvalue weighted by atomic mass is 9.89. The van der Waals surface area contributed by atoms with Gasteiger partial charge in [-0.25, -0.2) is 32.1 Å². The number of benzene rings is 1. The number of halogens is 3. The van der Waals surface area contributed by atoms with E-state index in [0.29, 0.717) is 31.4 Å². The normalized spacial score (nSPS) is 18.2. The first kappa shape index (κ1) is 25.7. The smallest absolute Gasteiger partial charge is 0.293 e. The van der Waals surface area contributed by atoms with Crippen molar-refractivity contribution < 1.29 is 36.3 Å². The summed E-state index contributed by atoms with van der Waals surface area (Å²) >= 11 is 0. The van der Waals surface area contributed by atoms with E-state index in [1.165, 1.54) is 23.9 Å². The number of amides is 1. The lowest BCUT2D eigenvalue weighted by molar-refractivity contribution is -0.0427. The molecular formula is C24H22F3N3O5S. The van der Waals surface area contributed by atoms with E-state index in [4.69, 9.17) is 4.74 Å². The molecule has 2 unspecified atom stereocenters. The van der Waals surface area contributed by atoms with Crippen molar-refractivity contribution in [3.05, 3.63) is 65.4 Å². The van der Waals surface area contributed by atoms with Crippen LogP contribution in [0.1, 0.15) is 48.3 Å². The van der Waals surface area contributed by atoms with Gasteiger partial charge in [0.15, 0.2) is 15.7 Å². The summed E-state index contributed by atoms with van der Waals surface area (Å²) in [6.45, 7) is 1.79. The minimum absolute atomic E-state index is 0.0522. The minimum atomic E-state index is -3.97. The third kappa shape index (κ3) is 4.84. The van der Waals surface area contributed by atoms with Gasteiger partial charge in [-0.05, 0) is 44.4 Å². The lowest BCUT2D eigenvalue weighted by Crippen LogP contribution is -2.26. The van der Waals surface area contributed by atoms with Crippen molar-refractivity contribution in [2.45, 2.75) is 43.3 Å². The summed E-state index contributed by atoms with van der Waals surface area (Å²) in [7, 11) is -3.97. The second-order valence-corrected chi connectivity index (χ2v) is 10.5. The van der Waals surface area contributed by atoms with Gasteiger partial charge in [-0.15, -0.1) is 0 Å². The van der Waals surface area contributed by atoms with Crippen molar-refractivity contribution in [1.82, 2.24) is 15.4 Å². The highest BCUT2D eigenvalue weighted by Gasteiger charge is 2.34. The second-order valence-electron chi connectivity index (χ2n) is 8.49. The van der Waals surface area contributed by atoms with Crippen LogP contribution in [0, 0.1) is 17.5 Å². The van der Waals surface area contributed by atoms with Gasteiger partial charge in [0, 0.05) is 35.3 Å². The molecule has 2 aromatic heterocycles. The van der Waals surface area contributed by atoms with Gasteiger partial charge in [-0.2, -0.15) is 0 Å². The molecule has 0 spiro atoms. The molecule has 36 heavy (non-hydrogen) atoms. The van der Waals surface area contributed by atoms with Crippen molar-refractivity contribution in [2.24, 2.45) is 0 Å². The Bertz CT molecular complexity index is 1410. The number of ether oxygens (including phenoxy) is 1. The highest BCUT2D eigenvalue weighted by molar-refractivity contribution is 7.90. The molecule has 190 valence electrons. The summed E-state index contributed by atoms with van der Waals surface area (Å²) in [5, 5.41) is 9.37. The topological polar surface area (TPSA) is 118 Å². The van der Waals surface area contributed by atoms with Gasteiger partial charge < -0.3 is 4.74 Å². The number of hydrogen-bond acceptors (Lipinski definition) is 7. The highest BCUT2D eigenvalue weighted by atomic mass is 32.2. The van der Waals surface area contributed by atoms with Crippen molar-refractivity contribution in [3.63, 3.8) is 0 Å². The maximum absolute atomic E-state index is 16.2. The van der Waals surface area contributed by atoms with E-state index in [9.17, 15) is 18.4 Å².